The molecule has 1 aromatic carbocycles. The van der Waals surface area contributed by atoms with E-state index in [-0.39, 0.29) is 11.2 Å². The summed E-state index contributed by atoms with van der Waals surface area (Å²) < 4.78 is 26.1. The summed E-state index contributed by atoms with van der Waals surface area (Å²) in [6, 6.07) is 7.77. The van der Waals surface area contributed by atoms with E-state index < -0.39 is 9.84 Å². The highest BCUT2D eigenvalue weighted by Gasteiger charge is 2.32. The summed E-state index contributed by atoms with van der Waals surface area (Å²) in [7, 11) is -3.23. The van der Waals surface area contributed by atoms with Gasteiger partial charge in [0, 0.05) is 6.54 Å². The average Bonchev–Trinajstić information content (AvgIpc) is 2.69. The van der Waals surface area contributed by atoms with E-state index in [9.17, 15) is 8.42 Å². The number of sulfone groups is 1. The predicted molar refractivity (Wildman–Crippen MR) is 110 cm³/mol. The number of benzene rings is 1. The van der Waals surface area contributed by atoms with Crippen molar-refractivity contribution in [2.24, 2.45) is 22.4 Å². The molecule has 1 aromatic rings. The van der Waals surface area contributed by atoms with Crippen LogP contribution in [0.2, 0.25) is 0 Å². The smallest absolute Gasteiger partial charge is 0.185 e. The van der Waals surface area contributed by atoms with Crippen molar-refractivity contribution >= 4 is 15.8 Å². The van der Waals surface area contributed by atoms with Gasteiger partial charge in [-0.1, -0.05) is 31.4 Å². The van der Waals surface area contributed by atoms with E-state index in [1.54, 1.807) is 0 Å². The van der Waals surface area contributed by atoms with E-state index in [4.69, 9.17) is 11.5 Å². The van der Waals surface area contributed by atoms with E-state index in [1.807, 2.05) is 24.3 Å². The van der Waals surface area contributed by atoms with Crippen LogP contribution in [-0.4, -0.2) is 26.2 Å². The maximum Gasteiger partial charge on any atom is 0.185 e. The van der Waals surface area contributed by atoms with Gasteiger partial charge in [-0.05, 0) is 74.5 Å². The Kier molecular flexibility index (Phi) is 6.79. The van der Waals surface area contributed by atoms with Gasteiger partial charge in [-0.3, -0.25) is 4.99 Å². The van der Waals surface area contributed by atoms with Gasteiger partial charge in [0.1, 0.15) is 0 Å². The highest BCUT2D eigenvalue weighted by molar-refractivity contribution is 7.92. The van der Waals surface area contributed by atoms with Crippen LogP contribution in [-0.2, 0) is 9.84 Å². The largest absolute Gasteiger partial charge is 0.370 e. The molecule has 0 spiro atoms. The number of hydrogen-bond donors (Lipinski definition) is 2. The molecule has 0 heterocycles. The van der Waals surface area contributed by atoms with Crippen LogP contribution in [0.15, 0.2) is 34.2 Å². The van der Waals surface area contributed by atoms with Crippen LogP contribution in [0.25, 0.3) is 0 Å². The third kappa shape index (κ3) is 5.24. The number of guanidine groups is 1. The third-order valence-corrected chi connectivity index (χ3v) is 8.63. The van der Waals surface area contributed by atoms with Crippen molar-refractivity contribution in [3.8, 4) is 0 Å². The molecule has 0 saturated heterocycles. The van der Waals surface area contributed by atoms with Crippen molar-refractivity contribution in [2.75, 3.05) is 6.54 Å². The monoisotopic (exact) mass is 391 g/mol. The molecule has 0 amide bonds. The van der Waals surface area contributed by atoms with Crippen LogP contribution in [0.3, 0.4) is 0 Å². The summed E-state index contributed by atoms with van der Waals surface area (Å²) >= 11 is 0. The molecule has 2 saturated carbocycles. The van der Waals surface area contributed by atoms with Gasteiger partial charge >= 0.3 is 0 Å². The molecule has 2 aliphatic carbocycles. The Hall–Kier alpha value is -1.56. The topological polar surface area (TPSA) is 98.5 Å². The number of rotatable bonds is 6. The highest BCUT2D eigenvalue weighted by atomic mass is 32.2. The summed E-state index contributed by atoms with van der Waals surface area (Å²) in [5.74, 6) is 1.26. The van der Waals surface area contributed by atoms with Gasteiger partial charge in [0.25, 0.3) is 0 Å². The quantitative estimate of drug-likeness (QED) is 0.570. The minimum absolute atomic E-state index is 0.128. The molecule has 5 nitrogen and oxygen atoms in total. The summed E-state index contributed by atoms with van der Waals surface area (Å²) in [5, 5.41) is -0.252. The van der Waals surface area contributed by atoms with Crippen molar-refractivity contribution in [3.05, 3.63) is 29.8 Å². The molecule has 0 aromatic heterocycles. The van der Waals surface area contributed by atoms with Crippen LogP contribution >= 0.6 is 0 Å². The van der Waals surface area contributed by atoms with Crippen molar-refractivity contribution in [1.82, 2.24) is 0 Å². The standard InChI is InChI=1S/C21H33N3O2S/c22-21(23)24-15-14-16-6-10-19(11-7-16)27(25,26)20-12-8-18(9-13-20)17-4-2-1-3-5-17/h8-9,12-13,16-17,19H,1-7,10-11,14-15H2,(H4,22,23,24). The van der Waals surface area contributed by atoms with Crippen molar-refractivity contribution in [2.45, 2.75) is 80.3 Å². The maximum atomic E-state index is 13.0. The lowest BCUT2D eigenvalue weighted by atomic mass is 9.84. The van der Waals surface area contributed by atoms with Crippen LogP contribution in [0.1, 0.15) is 75.7 Å². The molecule has 6 heteroatoms. The zero-order valence-corrected chi connectivity index (χ0v) is 17.0. The first-order chi connectivity index (χ1) is 13.0. The van der Waals surface area contributed by atoms with E-state index in [0.717, 1.165) is 32.1 Å². The third-order valence-electron chi connectivity index (χ3n) is 6.35. The van der Waals surface area contributed by atoms with E-state index in [0.29, 0.717) is 23.3 Å². The Balaban J connectivity index is 1.57. The number of nitrogens with zero attached hydrogens (tertiary/aromatic N) is 1. The fourth-order valence-corrected chi connectivity index (χ4v) is 6.46. The molecule has 150 valence electrons. The van der Waals surface area contributed by atoms with Crippen LogP contribution < -0.4 is 11.5 Å². The summed E-state index contributed by atoms with van der Waals surface area (Å²) in [5.41, 5.74) is 12.0. The normalized spacial score (nSPS) is 24.4. The first kappa shape index (κ1) is 20.2. The zero-order valence-electron chi connectivity index (χ0n) is 16.1. The first-order valence-electron chi connectivity index (χ1n) is 10.4. The SMILES string of the molecule is NC(N)=NCCC1CCC(S(=O)(=O)c2ccc(C3CCCCC3)cc2)CC1. The van der Waals surface area contributed by atoms with Gasteiger partial charge in [-0.25, -0.2) is 8.42 Å². The van der Waals surface area contributed by atoms with Crippen molar-refractivity contribution < 1.29 is 8.42 Å². The van der Waals surface area contributed by atoms with Gasteiger partial charge < -0.3 is 11.5 Å². The molecule has 3 rings (SSSR count). The summed E-state index contributed by atoms with van der Waals surface area (Å²) in [6.45, 7) is 0.632. The molecule has 0 bridgehead atoms. The number of aliphatic imine (C=N–C) groups is 1. The molecule has 0 atom stereocenters. The lowest BCUT2D eigenvalue weighted by Crippen LogP contribution is -2.28. The second-order valence-corrected chi connectivity index (χ2v) is 10.4. The van der Waals surface area contributed by atoms with Gasteiger partial charge in [-0.2, -0.15) is 0 Å². The van der Waals surface area contributed by atoms with Crippen molar-refractivity contribution in [1.29, 1.82) is 0 Å². The Labute approximate surface area is 163 Å². The van der Waals surface area contributed by atoms with Crippen molar-refractivity contribution in [3.63, 3.8) is 0 Å². The molecule has 27 heavy (non-hydrogen) atoms. The molecule has 0 radical (unpaired) electrons. The van der Waals surface area contributed by atoms with Gasteiger partial charge in [0.05, 0.1) is 10.1 Å². The fraction of sp³-hybridized carbons (Fsp3) is 0.667. The van der Waals surface area contributed by atoms with E-state index in [2.05, 4.69) is 4.99 Å². The van der Waals surface area contributed by atoms with E-state index >= 15 is 0 Å². The first-order valence-corrected chi connectivity index (χ1v) is 11.9. The fourth-order valence-electron chi connectivity index (χ4n) is 4.67. The molecule has 0 aliphatic heterocycles. The molecule has 0 unspecified atom stereocenters. The highest BCUT2D eigenvalue weighted by Crippen LogP contribution is 2.35. The summed E-state index contributed by atoms with van der Waals surface area (Å²) in [6.07, 6.45) is 10.6. The number of hydrogen-bond acceptors (Lipinski definition) is 3. The Morgan fingerprint density at radius 3 is 2.15 bits per heavy atom. The van der Waals surface area contributed by atoms with E-state index in [1.165, 1.54) is 37.7 Å². The molecule has 2 aliphatic rings. The molecular formula is C21H33N3O2S. The zero-order chi connectivity index (χ0) is 19.3. The second kappa shape index (κ2) is 9.09. The minimum atomic E-state index is -3.23. The summed E-state index contributed by atoms with van der Waals surface area (Å²) in [4.78, 5) is 4.53. The molecule has 4 N–H and O–H groups in total. The van der Waals surface area contributed by atoms with Gasteiger partial charge in [0.2, 0.25) is 0 Å². The lowest BCUT2D eigenvalue weighted by molar-refractivity contribution is 0.342. The minimum Gasteiger partial charge on any atom is -0.370 e. The number of nitrogens with two attached hydrogens (primary N) is 2. The predicted octanol–water partition coefficient (Wildman–Crippen LogP) is 3.73. The second-order valence-electron chi connectivity index (χ2n) is 8.19. The average molecular weight is 392 g/mol. The molecule has 2 fully saturated rings. The van der Waals surface area contributed by atoms with Crippen LogP contribution in [0, 0.1) is 5.92 Å². The lowest BCUT2D eigenvalue weighted by Gasteiger charge is -2.28. The van der Waals surface area contributed by atoms with Gasteiger partial charge in [-0.15, -0.1) is 0 Å². The van der Waals surface area contributed by atoms with Gasteiger partial charge in [0.15, 0.2) is 15.8 Å². The van der Waals surface area contributed by atoms with Crippen LogP contribution in [0.4, 0.5) is 0 Å². The van der Waals surface area contributed by atoms with Crippen LogP contribution in [0.5, 0.6) is 0 Å². The Bertz CT molecular complexity index is 725. The maximum absolute atomic E-state index is 13.0. The molecular weight excluding hydrogens is 358 g/mol. The Morgan fingerprint density at radius 1 is 0.926 bits per heavy atom. The Morgan fingerprint density at radius 2 is 1.56 bits per heavy atom.